The lowest BCUT2D eigenvalue weighted by Gasteiger charge is -2.32. The van der Waals surface area contributed by atoms with Crippen molar-refractivity contribution in [3.05, 3.63) is 53.9 Å². The highest BCUT2D eigenvalue weighted by Crippen LogP contribution is 2.33. The molecule has 2 aliphatic rings. The first-order chi connectivity index (χ1) is 14.2. The fraction of sp³-hybridized carbons (Fsp3) is 0.542. The van der Waals surface area contributed by atoms with E-state index in [0.29, 0.717) is 18.8 Å². The highest BCUT2D eigenvalue weighted by molar-refractivity contribution is 5.44. The van der Waals surface area contributed by atoms with E-state index in [1.807, 2.05) is 24.5 Å². The number of aromatic nitrogens is 1. The molecule has 5 nitrogen and oxygen atoms in total. The van der Waals surface area contributed by atoms with Crippen molar-refractivity contribution in [3.63, 3.8) is 0 Å². The van der Waals surface area contributed by atoms with E-state index in [1.165, 1.54) is 30.5 Å². The predicted molar refractivity (Wildman–Crippen MR) is 115 cm³/mol. The first-order valence-corrected chi connectivity index (χ1v) is 10.9. The Hall–Kier alpha value is -2.11. The van der Waals surface area contributed by atoms with E-state index in [0.717, 1.165) is 44.1 Å². The summed E-state index contributed by atoms with van der Waals surface area (Å²) in [5.74, 6) is 2.30. The zero-order valence-corrected chi connectivity index (χ0v) is 17.7. The Labute approximate surface area is 174 Å². The van der Waals surface area contributed by atoms with Crippen LogP contribution in [0.1, 0.15) is 37.8 Å². The monoisotopic (exact) mass is 395 g/mol. The van der Waals surface area contributed by atoms with Crippen LogP contribution in [-0.2, 0) is 13.0 Å². The normalized spacial score (nSPS) is 19.8. The Morgan fingerprint density at radius 1 is 1.21 bits per heavy atom. The van der Waals surface area contributed by atoms with Crippen molar-refractivity contribution >= 4 is 0 Å². The molecule has 2 unspecified atom stereocenters. The quantitative estimate of drug-likeness (QED) is 0.642. The third kappa shape index (κ3) is 5.28. The number of hydrogen-bond donors (Lipinski definition) is 0. The van der Waals surface area contributed by atoms with Crippen molar-refractivity contribution in [2.45, 2.75) is 45.7 Å². The van der Waals surface area contributed by atoms with Crippen molar-refractivity contribution in [3.8, 4) is 11.5 Å². The summed E-state index contributed by atoms with van der Waals surface area (Å²) in [6, 6.07) is 11.3. The lowest BCUT2D eigenvalue weighted by Crippen LogP contribution is -2.41. The SMILES string of the molecule is CCN1CCCC1CN(Cc1cccnc1)CC(C)Cc1ccc2c(c1)OCO2. The van der Waals surface area contributed by atoms with Gasteiger partial charge in [-0.15, -0.1) is 0 Å². The van der Waals surface area contributed by atoms with Gasteiger partial charge in [-0.25, -0.2) is 0 Å². The Morgan fingerprint density at radius 2 is 2.10 bits per heavy atom. The van der Waals surface area contributed by atoms with Crippen LogP contribution < -0.4 is 9.47 Å². The van der Waals surface area contributed by atoms with E-state index >= 15 is 0 Å². The molecule has 29 heavy (non-hydrogen) atoms. The minimum Gasteiger partial charge on any atom is -0.454 e. The fourth-order valence-electron chi connectivity index (χ4n) is 4.75. The van der Waals surface area contributed by atoms with Gasteiger partial charge in [0.05, 0.1) is 0 Å². The molecule has 4 rings (SSSR count). The summed E-state index contributed by atoms with van der Waals surface area (Å²) in [4.78, 5) is 9.59. The van der Waals surface area contributed by atoms with Crippen LogP contribution in [0.2, 0.25) is 0 Å². The molecule has 0 aliphatic carbocycles. The van der Waals surface area contributed by atoms with Gasteiger partial charge in [-0.3, -0.25) is 14.8 Å². The smallest absolute Gasteiger partial charge is 0.231 e. The molecule has 0 spiro atoms. The number of ether oxygens (including phenoxy) is 2. The van der Waals surface area contributed by atoms with Crippen LogP contribution in [0.5, 0.6) is 11.5 Å². The summed E-state index contributed by atoms with van der Waals surface area (Å²) in [6.45, 7) is 10.5. The second kappa shape index (κ2) is 9.59. The molecular weight excluding hydrogens is 362 g/mol. The largest absolute Gasteiger partial charge is 0.454 e. The molecule has 0 saturated carbocycles. The van der Waals surface area contributed by atoms with Crippen LogP contribution in [0.25, 0.3) is 0 Å². The molecule has 2 aromatic rings. The number of benzene rings is 1. The van der Waals surface area contributed by atoms with Gasteiger partial charge in [-0.1, -0.05) is 26.0 Å². The molecule has 1 aromatic heterocycles. The number of nitrogens with zero attached hydrogens (tertiary/aromatic N) is 3. The van der Waals surface area contributed by atoms with Crippen molar-refractivity contribution in [2.75, 3.05) is 33.0 Å². The minimum absolute atomic E-state index is 0.336. The zero-order valence-electron chi connectivity index (χ0n) is 17.7. The summed E-state index contributed by atoms with van der Waals surface area (Å²) in [7, 11) is 0. The van der Waals surface area contributed by atoms with Gasteiger partial charge in [0.15, 0.2) is 11.5 Å². The van der Waals surface area contributed by atoms with E-state index in [4.69, 9.17) is 9.47 Å². The molecule has 2 aliphatic heterocycles. The van der Waals surface area contributed by atoms with Crippen molar-refractivity contribution in [1.82, 2.24) is 14.8 Å². The topological polar surface area (TPSA) is 37.8 Å². The molecule has 0 N–H and O–H groups in total. The molecule has 1 aromatic carbocycles. The number of likely N-dealkylation sites (tertiary alicyclic amines) is 1. The van der Waals surface area contributed by atoms with Gasteiger partial charge >= 0.3 is 0 Å². The number of fused-ring (bicyclic) bond motifs is 1. The maximum Gasteiger partial charge on any atom is 0.231 e. The van der Waals surface area contributed by atoms with Crippen LogP contribution in [-0.4, -0.2) is 53.8 Å². The average Bonchev–Trinajstić information content (AvgIpc) is 3.37. The van der Waals surface area contributed by atoms with Gasteiger partial charge in [0.1, 0.15) is 0 Å². The summed E-state index contributed by atoms with van der Waals surface area (Å²) >= 11 is 0. The predicted octanol–water partition coefficient (Wildman–Crippen LogP) is 3.98. The van der Waals surface area contributed by atoms with Crippen LogP contribution in [0.15, 0.2) is 42.7 Å². The van der Waals surface area contributed by atoms with Crippen molar-refractivity contribution < 1.29 is 9.47 Å². The van der Waals surface area contributed by atoms with E-state index in [9.17, 15) is 0 Å². The van der Waals surface area contributed by atoms with Gasteiger partial charge in [0.2, 0.25) is 6.79 Å². The third-order valence-corrected chi connectivity index (χ3v) is 6.09. The standard InChI is InChI=1S/C24H33N3O2/c1-3-27-11-5-7-22(27)17-26(16-21-6-4-10-25-14-21)15-19(2)12-20-8-9-23-24(13-20)29-18-28-23/h4,6,8-10,13-14,19,22H,3,5,7,11-12,15-18H2,1-2H3. The molecule has 3 heterocycles. The maximum atomic E-state index is 5.55. The van der Waals surface area contributed by atoms with Gasteiger partial charge in [0, 0.05) is 38.1 Å². The van der Waals surface area contributed by atoms with Crippen LogP contribution in [0, 0.1) is 5.92 Å². The van der Waals surface area contributed by atoms with Crippen LogP contribution in [0.3, 0.4) is 0 Å². The van der Waals surface area contributed by atoms with E-state index < -0.39 is 0 Å². The summed E-state index contributed by atoms with van der Waals surface area (Å²) in [5, 5.41) is 0. The van der Waals surface area contributed by atoms with Gasteiger partial charge in [0.25, 0.3) is 0 Å². The Morgan fingerprint density at radius 3 is 2.93 bits per heavy atom. The van der Waals surface area contributed by atoms with Crippen molar-refractivity contribution in [2.24, 2.45) is 5.92 Å². The fourth-order valence-corrected chi connectivity index (χ4v) is 4.75. The number of pyridine rings is 1. The number of rotatable bonds is 9. The highest BCUT2D eigenvalue weighted by Gasteiger charge is 2.26. The van der Waals surface area contributed by atoms with E-state index in [2.05, 4.69) is 46.8 Å². The van der Waals surface area contributed by atoms with Crippen LogP contribution >= 0.6 is 0 Å². The Bertz CT molecular complexity index is 783. The van der Waals surface area contributed by atoms with Gasteiger partial charge in [-0.2, -0.15) is 0 Å². The van der Waals surface area contributed by atoms with Crippen molar-refractivity contribution in [1.29, 1.82) is 0 Å². The second-order valence-corrected chi connectivity index (χ2v) is 8.48. The Kier molecular flexibility index (Phi) is 6.67. The van der Waals surface area contributed by atoms with Crippen LogP contribution in [0.4, 0.5) is 0 Å². The first kappa shape index (κ1) is 20.2. The molecule has 156 valence electrons. The van der Waals surface area contributed by atoms with Gasteiger partial charge in [-0.05, 0) is 67.6 Å². The summed E-state index contributed by atoms with van der Waals surface area (Å²) in [5.41, 5.74) is 2.61. The average molecular weight is 396 g/mol. The molecule has 0 bridgehead atoms. The second-order valence-electron chi connectivity index (χ2n) is 8.48. The Balaban J connectivity index is 1.40. The van der Waals surface area contributed by atoms with E-state index in [1.54, 1.807) is 0 Å². The molecule has 1 saturated heterocycles. The molecule has 1 fully saturated rings. The minimum atomic E-state index is 0.336. The lowest BCUT2D eigenvalue weighted by atomic mass is 9.99. The number of likely N-dealkylation sites (N-methyl/N-ethyl adjacent to an activating group) is 1. The van der Waals surface area contributed by atoms with E-state index in [-0.39, 0.29) is 0 Å². The molecular formula is C24H33N3O2. The molecule has 0 amide bonds. The molecule has 5 heteroatoms. The maximum absolute atomic E-state index is 5.55. The first-order valence-electron chi connectivity index (χ1n) is 10.9. The summed E-state index contributed by atoms with van der Waals surface area (Å²) < 4.78 is 11.0. The number of hydrogen-bond acceptors (Lipinski definition) is 5. The third-order valence-electron chi connectivity index (χ3n) is 6.09. The lowest BCUT2D eigenvalue weighted by molar-refractivity contribution is 0.156. The summed E-state index contributed by atoms with van der Waals surface area (Å²) in [6.07, 6.45) is 7.54. The molecule has 0 radical (unpaired) electrons. The van der Waals surface area contributed by atoms with Gasteiger partial charge < -0.3 is 9.47 Å². The zero-order chi connectivity index (χ0) is 20.1. The highest BCUT2D eigenvalue weighted by atomic mass is 16.7. The molecule has 2 atom stereocenters.